The van der Waals surface area contributed by atoms with Crippen LogP contribution in [-0.2, 0) is 6.54 Å². The van der Waals surface area contributed by atoms with Crippen LogP contribution in [0.25, 0.3) is 10.8 Å². The second-order valence-electron chi connectivity index (χ2n) is 4.31. The minimum absolute atomic E-state index is 0.220. The lowest BCUT2D eigenvalue weighted by Gasteiger charge is -2.12. The number of nitrogens with one attached hydrogen (secondary N) is 1. The zero-order valence-corrected chi connectivity index (χ0v) is 11.1. The van der Waals surface area contributed by atoms with Gasteiger partial charge in [-0.25, -0.2) is 4.39 Å². The van der Waals surface area contributed by atoms with Crippen LogP contribution in [0.4, 0.5) is 4.39 Å². The molecule has 0 saturated carbocycles. The van der Waals surface area contributed by atoms with Crippen molar-refractivity contribution in [2.75, 3.05) is 6.54 Å². The number of carbonyl (C=O) groups is 1. The first-order chi connectivity index (χ1) is 9.58. The minimum atomic E-state index is -0.441. The van der Waals surface area contributed by atoms with Gasteiger partial charge in [-0.1, -0.05) is 6.08 Å². The fraction of sp³-hybridized carbons (Fsp3) is 0.200. The van der Waals surface area contributed by atoms with Crippen molar-refractivity contribution in [3.05, 3.63) is 58.8 Å². The smallest absolute Gasteiger partial charge is 0.268 e. The van der Waals surface area contributed by atoms with Crippen molar-refractivity contribution in [1.82, 2.24) is 9.88 Å². The van der Waals surface area contributed by atoms with E-state index in [0.29, 0.717) is 23.9 Å². The lowest BCUT2D eigenvalue weighted by atomic mass is 10.1. The van der Waals surface area contributed by atoms with Crippen molar-refractivity contribution in [2.45, 2.75) is 13.5 Å². The Kier molecular flexibility index (Phi) is 3.98. The van der Waals surface area contributed by atoms with Crippen molar-refractivity contribution in [1.29, 1.82) is 0 Å². The molecule has 0 aliphatic heterocycles. The van der Waals surface area contributed by atoms with Gasteiger partial charge < -0.3 is 9.88 Å². The summed E-state index contributed by atoms with van der Waals surface area (Å²) >= 11 is 0. The number of halogens is 1. The van der Waals surface area contributed by atoms with Crippen molar-refractivity contribution < 1.29 is 9.18 Å². The molecule has 1 heterocycles. The SMILES string of the molecule is C=CCNC(=O)c1cc2cc(F)ccc2c(=O)n1CC. The molecule has 104 valence electrons. The predicted octanol–water partition coefficient (Wildman–Crippen LogP) is 2.08. The van der Waals surface area contributed by atoms with Gasteiger partial charge >= 0.3 is 0 Å². The maximum Gasteiger partial charge on any atom is 0.268 e. The molecule has 0 saturated heterocycles. The molecule has 2 rings (SSSR count). The van der Waals surface area contributed by atoms with Crippen LogP contribution < -0.4 is 10.9 Å². The van der Waals surface area contributed by atoms with E-state index in [1.54, 1.807) is 13.0 Å². The van der Waals surface area contributed by atoms with Crippen LogP contribution >= 0.6 is 0 Å². The zero-order chi connectivity index (χ0) is 14.7. The summed E-state index contributed by atoms with van der Waals surface area (Å²) in [6.07, 6.45) is 1.55. The third-order valence-electron chi connectivity index (χ3n) is 3.03. The number of benzene rings is 1. The summed E-state index contributed by atoms with van der Waals surface area (Å²) < 4.78 is 14.6. The first-order valence-electron chi connectivity index (χ1n) is 6.30. The fourth-order valence-electron chi connectivity index (χ4n) is 2.09. The third-order valence-corrected chi connectivity index (χ3v) is 3.03. The van der Waals surface area contributed by atoms with Gasteiger partial charge in [-0.15, -0.1) is 6.58 Å². The summed E-state index contributed by atoms with van der Waals surface area (Å²) in [5.74, 6) is -0.821. The van der Waals surface area contributed by atoms with Gasteiger partial charge in [0.2, 0.25) is 0 Å². The van der Waals surface area contributed by atoms with E-state index in [1.807, 2.05) is 0 Å². The van der Waals surface area contributed by atoms with E-state index >= 15 is 0 Å². The third kappa shape index (κ3) is 2.47. The van der Waals surface area contributed by atoms with Gasteiger partial charge in [0.05, 0.1) is 0 Å². The molecular formula is C15H15FN2O2. The second kappa shape index (κ2) is 5.69. The Hall–Kier alpha value is -2.43. The normalized spacial score (nSPS) is 10.5. The standard InChI is InChI=1S/C15H15FN2O2/c1-3-7-17-14(19)13-9-10-8-11(16)5-6-12(10)15(20)18(13)4-2/h3,5-6,8-9H,1,4,7H2,2H3,(H,17,19). The average molecular weight is 274 g/mol. The topological polar surface area (TPSA) is 51.1 Å². The highest BCUT2D eigenvalue weighted by atomic mass is 19.1. The maximum absolute atomic E-state index is 13.3. The Morgan fingerprint density at radius 2 is 2.20 bits per heavy atom. The predicted molar refractivity (Wildman–Crippen MR) is 76.4 cm³/mol. The van der Waals surface area contributed by atoms with Crippen LogP contribution in [0.1, 0.15) is 17.4 Å². The molecule has 1 amide bonds. The van der Waals surface area contributed by atoms with E-state index < -0.39 is 5.82 Å². The number of hydrogen-bond acceptors (Lipinski definition) is 2. The molecule has 1 aromatic heterocycles. The van der Waals surface area contributed by atoms with Crippen molar-refractivity contribution >= 4 is 16.7 Å². The first-order valence-corrected chi connectivity index (χ1v) is 6.30. The molecule has 20 heavy (non-hydrogen) atoms. The van der Waals surface area contributed by atoms with E-state index in [-0.39, 0.29) is 17.2 Å². The summed E-state index contributed by atoms with van der Waals surface area (Å²) in [5.41, 5.74) is -0.0776. The molecule has 0 bridgehead atoms. The van der Waals surface area contributed by atoms with Gasteiger partial charge in [-0.05, 0) is 36.6 Å². The molecule has 0 aliphatic rings. The van der Waals surface area contributed by atoms with Crippen LogP contribution in [0.15, 0.2) is 41.7 Å². The second-order valence-corrected chi connectivity index (χ2v) is 4.31. The van der Waals surface area contributed by atoms with Gasteiger partial charge in [-0.3, -0.25) is 9.59 Å². The van der Waals surface area contributed by atoms with Gasteiger partial charge in [-0.2, -0.15) is 0 Å². The molecular weight excluding hydrogens is 259 g/mol. The van der Waals surface area contributed by atoms with Crippen LogP contribution in [0, 0.1) is 5.82 Å². The molecule has 0 radical (unpaired) electrons. The van der Waals surface area contributed by atoms with Crippen LogP contribution in [0.5, 0.6) is 0 Å². The highest BCUT2D eigenvalue weighted by Crippen LogP contribution is 2.14. The van der Waals surface area contributed by atoms with Gasteiger partial charge in [0, 0.05) is 18.5 Å². The molecule has 0 atom stereocenters. The Balaban J connectivity index is 2.66. The Labute approximate surface area is 115 Å². The lowest BCUT2D eigenvalue weighted by Crippen LogP contribution is -2.32. The molecule has 5 heteroatoms. The minimum Gasteiger partial charge on any atom is -0.347 e. The van der Waals surface area contributed by atoms with E-state index in [0.717, 1.165) is 0 Å². The molecule has 0 unspecified atom stereocenters. The maximum atomic E-state index is 13.3. The van der Waals surface area contributed by atoms with E-state index in [2.05, 4.69) is 11.9 Å². The van der Waals surface area contributed by atoms with Gasteiger partial charge in [0.25, 0.3) is 11.5 Å². The van der Waals surface area contributed by atoms with E-state index in [1.165, 1.54) is 28.8 Å². The Morgan fingerprint density at radius 3 is 2.85 bits per heavy atom. The number of aromatic nitrogens is 1. The number of nitrogens with zero attached hydrogens (tertiary/aromatic N) is 1. The summed E-state index contributed by atoms with van der Waals surface area (Å²) in [6, 6.07) is 5.45. The van der Waals surface area contributed by atoms with Crippen LogP contribution in [0.2, 0.25) is 0 Å². The van der Waals surface area contributed by atoms with Crippen molar-refractivity contribution in [3.8, 4) is 0 Å². The Bertz CT molecular complexity index is 734. The highest BCUT2D eigenvalue weighted by molar-refractivity contribution is 5.96. The molecule has 0 fully saturated rings. The molecule has 2 aromatic rings. The Morgan fingerprint density at radius 1 is 1.45 bits per heavy atom. The molecule has 0 spiro atoms. The lowest BCUT2D eigenvalue weighted by molar-refractivity contribution is 0.0948. The molecule has 1 N–H and O–H groups in total. The summed E-state index contributed by atoms with van der Waals surface area (Å²) in [7, 11) is 0. The molecule has 0 aliphatic carbocycles. The number of carbonyl (C=O) groups excluding carboxylic acids is 1. The monoisotopic (exact) mass is 274 g/mol. The van der Waals surface area contributed by atoms with Crippen molar-refractivity contribution in [2.24, 2.45) is 0 Å². The first kappa shape index (κ1) is 14.0. The quantitative estimate of drug-likeness (QED) is 0.868. The fourth-order valence-corrected chi connectivity index (χ4v) is 2.09. The number of hydrogen-bond donors (Lipinski definition) is 1. The van der Waals surface area contributed by atoms with Crippen molar-refractivity contribution in [3.63, 3.8) is 0 Å². The molecule has 1 aromatic carbocycles. The van der Waals surface area contributed by atoms with E-state index in [9.17, 15) is 14.0 Å². The summed E-state index contributed by atoms with van der Waals surface area (Å²) in [4.78, 5) is 24.4. The highest BCUT2D eigenvalue weighted by Gasteiger charge is 2.14. The van der Waals surface area contributed by atoms with Crippen LogP contribution in [0.3, 0.4) is 0 Å². The van der Waals surface area contributed by atoms with E-state index in [4.69, 9.17) is 0 Å². The van der Waals surface area contributed by atoms with Crippen LogP contribution in [-0.4, -0.2) is 17.0 Å². The summed E-state index contributed by atoms with van der Waals surface area (Å²) in [5, 5.41) is 3.44. The zero-order valence-electron chi connectivity index (χ0n) is 11.1. The largest absolute Gasteiger partial charge is 0.347 e. The van der Waals surface area contributed by atoms with Gasteiger partial charge in [0.15, 0.2) is 0 Å². The van der Waals surface area contributed by atoms with Gasteiger partial charge in [0.1, 0.15) is 11.5 Å². The summed E-state index contributed by atoms with van der Waals surface area (Å²) in [6.45, 7) is 5.96. The number of rotatable bonds is 4. The molecule has 4 nitrogen and oxygen atoms in total. The number of pyridine rings is 1. The number of amides is 1. The number of fused-ring (bicyclic) bond motifs is 1. The average Bonchev–Trinajstić information content (AvgIpc) is 2.44.